The number of benzene rings is 3. The minimum absolute atomic E-state index is 0.218. The molecule has 0 aliphatic rings. The summed E-state index contributed by atoms with van der Waals surface area (Å²) in [5.74, 6) is 1.43. The van der Waals surface area contributed by atoms with E-state index in [0.29, 0.717) is 28.9 Å². The zero-order valence-electron chi connectivity index (χ0n) is 15.9. The molecule has 0 amide bonds. The molecule has 0 bridgehead atoms. The van der Waals surface area contributed by atoms with Gasteiger partial charge < -0.3 is 14.8 Å². The molecule has 0 aliphatic carbocycles. The van der Waals surface area contributed by atoms with Crippen LogP contribution >= 0.6 is 23.2 Å². The molecule has 28 heavy (non-hydrogen) atoms. The molecule has 3 aromatic carbocycles. The van der Waals surface area contributed by atoms with Crippen molar-refractivity contribution in [2.45, 2.75) is 26.1 Å². The molecule has 0 aromatic heterocycles. The van der Waals surface area contributed by atoms with E-state index in [0.717, 1.165) is 16.9 Å². The minimum atomic E-state index is 0.218. The normalized spacial score (nSPS) is 11.9. The molecule has 1 atom stereocenters. The molecule has 0 unspecified atom stereocenters. The lowest BCUT2D eigenvalue weighted by Gasteiger charge is -2.18. The van der Waals surface area contributed by atoms with Crippen LogP contribution in [0.4, 0.5) is 0 Å². The Bertz CT molecular complexity index is 916. The van der Waals surface area contributed by atoms with E-state index in [1.54, 1.807) is 13.2 Å². The van der Waals surface area contributed by atoms with Crippen molar-refractivity contribution in [2.75, 3.05) is 7.11 Å². The maximum Gasteiger partial charge on any atom is 0.166 e. The summed E-state index contributed by atoms with van der Waals surface area (Å²) >= 11 is 12.1. The minimum Gasteiger partial charge on any atom is -0.493 e. The van der Waals surface area contributed by atoms with Crippen molar-refractivity contribution < 1.29 is 9.47 Å². The topological polar surface area (TPSA) is 30.5 Å². The largest absolute Gasteiger partial charge is 0.493 e. The first kappa shape index (κ1) is 20.5. The van der Waals surface area contributed by atoms with Gasteiger partial charge in [-0.15, -0.1) is 0 Å². The molecule has 0 saturated heterocycles. The molecule has 5 heteroatoms. The summed E-state index contributed by atoms with van der Waals surface area (Å²) in [5, 5.41) is 4.59. The highest BCUT2D eigenvalue weighted by Gasteiger charge is 2.13. The zero-order valence-corrected chi connectivity index (χ0v) is 17.4. The van der Waals surface area contributed by atoms with Gasteiger partial charge in [0, 0.05) is 18.2 Å². The molecule has 0 heterocycles. The number of halogens is 2. The fourth-order valence-corrected chi connectivity index (χ4v) is 3.25. The van der Waals surface area contributed by atoms with E-state index in [4.69, 9.17) is 32.7 Å². The van der Waals surface area contributed by atoms with E-state index in [9.17, 15) is 0 Å². The molecule has 3 rings (SSSR count). The zero-order chi connectivity index (χ0) is 19.9. The lowest BCUT2D eigenvalue weighted by Crippen LogP contribution is -2.18. The van der Waals surface area contributed by atoms with E-state index in [1.807, 2.05) is 48.5 Å². The van der Waals surface area contributed by atoms with Crippen molar-refractivity contribution in [3.63, 3.8) is 0 Å². The van der Waals surface area contributed by atoms with Crippen molar-refractivity contribution in [1.29, 1.82) is 0 Å². The predicted molar refractivity (Wildman–Crippen MR) is 115 cm³/mol. The van der Waals surface area contributed by atoms with Gasteiger partial charge in [-0.1, -0.05) is 71.7 Å². The van der Waals surface area contributed by atoms with Crippen LogP contribution in [0, 0.1) is 0 Å². The molecule has 0 spiro atoms. The molecule has 1 N–H and O–H groups in total. The monoisotopic (exact) mass is 415 g/mol. The fourth-order valence-electron chi connectivity index (χ4n) is 2.93. The molecular formula is C23H23Cl2NO2. The molecule has 146 valence electrons. The lowest BCUT2D eigenvalue weighted by atomic mass is 10.1. The third-order valence-corrected chi connectivity index (χ3v) is 5.28. The SMILES string of the molecule is COc1cccc(CN[C@@H](C)c2ccccc2)c1OCc1ccc(Cl)c(Cl)c1. The van der Waals surface area contributed by atoms with Crippen LogP contribution in [0.15, 0.2) is 66.7 Å². The van der Waals surface area contributed by atoms with Crippen molar-refractivity contribution in [3.8, 4) is 11.5 Å². The Kier molecular flexibility index (Phi) is 7.21. The van der Waals surface area contributed by atoms with E-state index < -0.39 is 0 Å². The van der Waals surface area contributed by atoms with Crippen LogP contribution in [0.5, 0.6) is 11.5 Å². The number of ether oxygens (including phenoxy) is 2. The average Bonchev–Trinajstić information content (AvgIpc) is 2.73. The number of hydrogen-bond acceptors (Lipinski definition) is 3. The van der Waals surface area contributed by atoms with Gasteiger partial charge in [0.05, 0.1) is 17.2 Å². The summed E-state index contributed by atoms with van der Waals surface area (Å²) in [6, 6.07) is 22.0. The van der Waals surface area contributed by atoms with E-state index in [-0.39, 0.29) is 6.04 Å². The Hall–Kier alpha value is -2.20. The maximum absolute atomic E-state index is 6.11. The van der Waals surface area contributed by atoms with Gasteiger partial charge >= 0.3 is 0 Å². The third kappa shape index (κ3) is 5.20. The van der Waals surface area contributed by atoms with Gasteiger partial charge in [0.1, 0.15) is 6.61 Å². The van der Waals surface area contributed by atoms with Crippen LogP contribution in [0.25, 0.3) is 0 Å². The van der Waals surface area contributed by atoms with Gasteiger partial charge in [0.15, 0.2) is 11.5 Å². The molecular weight excluding hydrogens is 393 g/mol. The molecule has 3 nitrogen and oxygen atoms in total. The maximum atomic E-state index is 6.11. The molecule has 0 fully saturated rings. The summed E-state index contributed by atoms with van der Waals surface area (Å²) in [6.45, 7) is 3.17. The molecule has 0 radical (unpaired) electrons. The summed E-state index contributed by atoms with van der Waals surface area (Å²) in [6.07, 6.45) is 0. The summed E-state index contributed by atoms with van der Waals surface area (Å²) in [7, 11) is 1.64. The van der Waals surface area contributed by atoms with Gasteiger partial charge in [-0.25, -0.2) is 0 Å². The summed E-state index contributed by atoms with van der Waals surface area (Å²) < 4.78 is 11.6. The second kappa shape index (κ2) is 9.83. The first-order chi connectivity index (χ1) is 13.6. The Labute approximate surface area is 176 Å². The Balaban J connectivity index is 1.73. The van der Waals surface area contributed by atoms with Gasteiger partial charge in [0.25, 0.3) is 0 Å². The Morgan fingerprint density at radius 2 is 1.71 bits per heavy atom. The highest BCUT2D eigenvalue weighted by Crippen LogP contribution is 2.33. The lowest BCUT2D eigenvalue weighted by molar-refractivity contribution is 0.280. The van der Waals surface area contributed by atoms with Gasteiger partial charge in [-0.05, 0) is 36.2 Å². The van der Waals surface area contributed by atoms with E-state index in [1.165, 1.54) is 5.56 Å². The average molecular weight is 416 g/mol. The van der Waals surface area contributed by atoms with Crippen molar-refractivity contribution in [1.82, 2.24) is 5.32 Å². The molecule has 3 aromatic rings. The number of para-hydroxylation sites is 1. The van der Waals surface area contributed by atoms with Crippen molar-refractivity contribution >= 4 is 23.2 Å². The second-order valence-electron chi connectivity index (χ2n) is 6.50. The highest BCUT2D eigenvalue weighted by atomic mass is 35.5. The van der Waals surface area contributed by atoms with E-state index in [2.05, 4.69) is 24.4 Å². The number of nitrogens with one attached hydrogen (secondary N) is 1. The van der Waals surface area contributed by atoms with Crippen LogP contribution in [-0.2, 0) is 13.2 Å². The standard InChI is InChI=1S/C23H23Cl2NO2/c1-16(18-7-4-3-5-8-18)26-14-19-9-6-10-22(27-2)23(19)28-15-17-11-12-20(24)21(25)13-17/h3-13,16,26H,14-15H2,1-2H3/t16-/m0/s1. The quantitative estimate of drug-likeness (QED) is 0.459. The van der Waals surface area contributed by atoms with Crippen LogP contribution in [0.1, 0.15) is 29.7 Å². The summed E-state index contributed by atoms with van der Waals surface area (Å²) in [4.78, 5) is 0. The number of hydrogen-bond donors (Lipinski definition) is 1. The van der Waals surface area contributed by atoms with Gasteiger partial charge in [-0.3, -0.25) is 0 Å². The first-order valence-electron chi connectivity index (χ1n) is 9.09. The number of rotatable bonds is 8. The molecule has 0 saturated carbocycles. The van der Waals surface area contributed by atoms with Crippen molar-refractivity contribution in [2.24, 2.45) is 0 Å². The smallest absolute Gasteiger partial charge is 0.166 e. The second-order valence-corrected chi connectivity index (χ2v) is 7.31. The highest BCUT2D eigenvalue weighted by molar-refractivity contribution is 6.42. The Morgan fingerprint density at radius 3 is 2.43 bits per heavy atom. The van der Waals surface area contributed by atoms with Crippen LogP contribution in [0.2, 0.25) is 10.0 Å². The van der Waals surface area contributed by atoms with Crippen LogP contribution in [0.3, 0.4) is 0 Å². The molecule has 0 aliphatic heterocycles. The van der Waals surface area contributed by atoms with Gasteiger partial charge in [-0.2, -0.15) is 0 Å². The van der Waals surface area contributed by atoms with Crippen LogP contribution in [-0.4, -0.2) is 7.11 Å². The number of methoxy groups -OCH3 is 1. The van der Waals surface area contributed by atoms with Crippen LogP contribution < -0.4 is 14.8 Å². The first-order valence-corrected chi connectivity index (χ1v) is 9.85. The van der Waals surface area contributed by atoms with E-state index >= 15 is 0 Å². The van der Waals surface area contributed by atoms with Gasteiger partial charge in [0.2, 0.25) is 0 Å². The summed E-state index contributed by atoms with van der Waals surface area (Å²) in [5.41, 5.74) is 3.21. The predicted octanol–water partition coefficient (Wildman–Crippen LogP) is 6.43. The van der Waals surface area contributed by atoms with Crippen molar-refractivity contribution in [3.05, 3.63) is 93.5 Å². The Morgan fingerprint density at radius 1 is 0.929 bits per heavy atom. The fraction of sp³-hybridized carbons (Fsp3) is 0.217. The third-order valence-electron chi connectivity index (χ3n) is 4.55.